The van der Waals surface area contributed by atoms with Crippen molar-refractivity contribution in [2.45, 2.75) is 31.8 Å². The van der Waals surface area contributed by atoms with Crippen molar-refractivity contribution in [1.82, 2.24) is 15.1 Å². The summed E-state index contributed by atoms with van der Waals surface area (Å²) in [5.41, 5.74) is 0.983. The fourth-order valence-electron chi connectivity index (χ4n) is 2.82. The third kappa shape index (κ3) is 4.09. The number of nitrogens with one attached hydrogen (secondary N) is 1. The molecule has 1 aliphatic rings. The molecule has 1 aromatic rings. The van der Waals surface area contributed by atoms with Crippen molar-refractivity contribution in [2.75, 3.05) is 20.6 Å². The molecule has 1 N–H and O–H groups in total. The third-order valence-corrected chi connectivity index (χ3v) is 4.07. The Labute approximate surface area is 136 Å². The minimum Gasteiger partial charge on any atom is -0.347 e. The van der Waals surface area contributed by atoms with Crippen molar-refractivity contribution in [2.24, 2.45) is 0 Å². The van der Waals surface area contributed by atoms with Crippen LogP contribution in [0.5, 0.6) is 0 Å². The minimum absolute atomic E-state index is 0.151. The molecule has 0 radical (unpaired) electrons. The third-order valence-electron chi connectivity index (χ3n) is 4.07. The molecule has 0 spiro atoms. The number of rotatable bonds is 3. The Hall–Kier alpha value is -2.37. The van der Waals surface area contributed by atoms with Crippen molar-refractivity contribution in [1.29, 1.82) is 0 Å². The van der Waals surface area contributed by atoms with Crippen LogP contribution < -0.4 is 5.32 Å². The van der Waals surface area contributed by atoms with Gasteiger partial charge in [-0.2, -0.15) is 0 Å². The van der Waals surface area contributed by atoms with Crippen LogP contribution in [0.15, 0.2) is 30.3 Å². The van der Waals surface area contributed by atoms with Gasteiger partial charge in [0.25, 0.3) is 0 Å². The van der Waals surface area contributed by atoms with E-state index in [1.165, 1.54) is 11.8 Å². The summed E-state index contributed by atoms with van der Waals surface area (Å²) in [5.74, 6) is -0.581. The van der Waals surface area contributed by atoms with E-state index in [1.54, 1.807) is 19.0 Å². The van der Waals surface area contributed by atoms with Crippen molar-refractivity contribution >= 4 is 17.7 Å². The molecule has 6 heteroatoms. The summed E-state index contributed by atoms with van der Waals surface area (Å²) in [5, 5.41) is 2.79. The summed E-state index contributed by atoms with van der Waals surface area (Å²) >= 11 is 0. The Morgan fingerprint density at radius 1 is 1.26 bits per heavy atom. The summed E-state index contributed by atoms with van der Waals surface area (Å²) in [7, 11) is 3.31. The lowest BCUT2D eigenvalue weighted by molar-refractivity contribution is -0.138. The number of hydrogen-bond acceptors (Lipinski definition) is 3. The number of carbonyl (C=O) groups is 3. The molecule has 1 aromatic carbocycles. The second-order valence-electron chi connectivity index (χ2n) is 6.00. The minimum atomic E-state index is -0.588. The van der Waals surface area contributed by atoms with E-state index < -0.39 is 12.1 Å². The first-order chi connectivity index (χ1) is 10.9. The number of likely N-dealkylation sites (N-methyl/N-ethyl adjacent to an activating group) is 1. The van der Waals surface area contributed by atoms with Crippen LogP contribution in [-0.2, 0) is 20.8 Å². The van der Waals surface area contributed by atoms with Gasteiger partial charge in [0.1, 0.15) is 12.1 Å². The quantitative estimate of drug-likeness (QED) is 0.878. The van der Waals surface area contributed by atoms with Crippen LogP contribution in [-0.4, -0.2) is 60.2 Å². The summed E-state index contributed by atoms with van der Waals surface area (Å²) in [6, 6.07) is 8.40. The highest BCUT2D eigenvalue weighted by atomic mass is 16.2. The zero-order valence-corrected chi connectivity index (χ0v) is 13.8. The zero-order valence-electron chi connectivity index (χ0n) is 13.8. The second-order valence-corrected chi connectivity index (χ2v) is 6.00. The zero-order chi connectivity index (χ0) is 17.0. The molecule has 0 aliphatic carbocycles. The van der Waals surface area contributed by atoms with Gasteiger partial charge >= 0.3 is 0 Å². The molecule has 0 aromatic heterocycles. The first kappa shape index (κ1) is 17.0. The summed E-state index contributed by atoms with van der Waals surface area (Å²) in [4.78, 5) is 39.7. The van der Waals surface area contributed by atoms with E-state index in [2.05, 4.69) is 5.32 Å². The maximum absolute atomic E-state index is 12.6. The molecule has 0 bridgehead atoms. The van der Waals surface area contributed by atoms with Crippen LogP contribution in [0.25, 0.3) is 0 Å². The summed E-state index contributed by atoms with van der Waals surface area (Å²) in [6.07, 6.45) is 0.864. The number of carbonyl (C=O) groups excluding carboxylic acids is 3. The summed E-state index contributed by atoms with van der Waals surface area (Å²) in [6.45, 7) is 1.84. The first-order valence-corrected chi connectivity index (χ1v) is 7.73. The van der Waals surface area contributed by atoms with E-state index in [0.29, 0.717) is 19.4 Å². The molecule has 1 fully saturated rings. The maximum atomic E-state index is 12.6. The molecule has 1 heterocycles. The van der Waals surface area contributed by atoms with Crippen molar-refractivity contribution < 1.29 is 14.4 Å². The molecule has 0 unspecified atom stereocenters. The van der Waals surface area contributed by atoms with E-state index in [-0.39, 0.29) is 17.7 Å². The van der Waals surface area contributed by atoms with E-state index in [4.69, 9.17) is 0 Å². The fraction of sp³-hybridized carbons (Fsp3) is 0.471. The van der Waals surface area contributed by atoms with Crippen molar-refractivity contribution in [3.8, 4) is 0 Å². The largest absolute Gasteiger partial charge is 0.347 e. The van der Waals surface area contributed by atoms with E-state index in [0.717, 1.165) is 5.56 Å². The van der Waals surface area contributed by atoms with Gasteiger partial charge in [0.05, 0.1) is 0 Å². The molecule has 124 valence electrons. The van der Waals surface area contributed by atoms with E-state index in [1.807, 2.05) is 30.3 Å². The van der Waals surface area contributed by atoms with Gasteiger partial charge in [0, 0.05) is 34.0 Å². The molecule has 23 heavy (non-hydrogen) atoms. The molecular weight excluding hydrogens is 294 g/mol. The molecule has 2 atom stereocenters. The molecular formula is C17H23N3O3. The predicted molar refractivity (Wildman–Crippen MR) is 86.6 cm³/mol. The van der Waals surface area contributed by atoms with Gasteiger partial charge in [-0.25, -0.2) is 0 Å². The molecule has 6 nitrogen and oxygen atoms in total. The van der Waals surface area contributed by atoms with E-state index >= 15 is 0 Å². The topological polar surface area (TPSA) is 69.7 Å². The van der Waals surface area contributed by atoms with Gasteiger partial charge in [-0.15, -0.1) is 0 Å². The first-order valence-electron chi connectivity index (χ1n) is 7.73. The Bertz CT molecular complexity index is 586. The number of hydrogen-bond donors (Lipinski definition) is 1. The van der Waals surface area contributed by atoms with Gasteiger partial charge in [-0.1, -0.05) is 30.3 Å². The van der Waals surface area contributed by atoms with Gasteiger partial charge in [0.2, 0.25) is 17.7 Å². The maximum Gasteiger partial charge on any atom is 0.244 e. The Balaban J connectivity index is 2.22. The Morgan fingerprint density at radius 2 is 1.91 bits per heavy atom. The average Bonchev–Trinajstić information content (AvgIpc) is 2.67. The number of benzene rings is 1. The highest BCUT2D eigenvalue weighted by Gasteiger charge is 2.35. The number of nitrogens with zero attached hydrogens (tertiary/aromatic N) is 2. The van der Waals surface area contributed by atoms with Crippen molar-refractivity contribution in [3.63, 3.8) is 0 Å². The molecule has 1 saturated heterocycles. The van der Waals surface area contributed by atoms with Gasteiger partial charge in [0.15, 0.2) is 0 Å². The lowest BCUT2D eigenvalue weighted by atomic mass is 10.0. The average molecular weight is 317 g/mol. The van der Waals surface area contributed by atoms with Crippen LogP contribution in [0.2, 0.25) is 0 Å². The van der Waals surface area contributed by atoms with Crippen LogP contribution in [0.1, 0.15) is 18.9 Å². The lowest BCUT2D eigenvalue weighted by Gasteiger charge is -2.27. The predicted octanol–water partition coefficient (Wildman–Crippen LogP) is 0.423. The highest BCUT2D eigenvalue weighted by Crippen LogP contribution is 2.15. The Morgan fingerprint density at radius 3 is 2.48 bits per heavy atom. The van der Waals surface area contributed by atoms with E-state index in [9.17, 15) is 14.4 Å². The number of amides is 3. The monoisotopic (exact) mass is 317 g/mol. The van der Waals surface area contributed by atoms with Gasteiger partial charge < -0.3 is 15.1 Å². The molecule has 2 rings (SSSR count). The molecule has 1 aliphatic heterocycles. The van der Waals surface area contributed by atoms with Gasteiger partial charge in [-0.05, 0) is 12.0 Å². The summed E-state index contributed by atoms with van der Waals surface area (Å²) < 4.78 is 0. The lowest BCUT2D eigenvalue weighted by Crippen LogP contribution is -2.50. The fourth-order valence-corrected chi connectivity index (χ4v) is 2.82. The van der Waals surface area contributed by atoms with Crippen LogP contribution in [0.3, 0.4) is 0 Å². The van der Waals surface area contributed by atoms with Crippen LogP contribution in [0.4, 0.5) is 0 Å². The molecule has 3 amide bonds. The van der Waals surface area contributed by atoms with Crippen molar-refractivity contribution in [3.05, 3.63) is 35.9 Å². The molecule has 0 saturated carbocycles. The Kier molecular flexibility index (Phi) is 5.36. The highest BCUT2D eigenvalue weighted by molar-refractivity contribution is 5.92. The SMILES string of the molecule is CC(=O)N1CC[C@@H](C(=O)N(C)C)NC(=O)[C@@H]1Cc1ccccc1. The standard InChI is InChI=1S/C17H23N3O3/c1-12(21)20-10-9-14(17(23)19(2)3)18-16(22)15(20)11-13-7-5-4-6-8-13/h4-8,14-15H,9-11H2,1-3H3,(H,18,22)/t14-,15-/m0/s1. The smallest absolute Gasteiger partial charge is 0.244 e. The van der Waals surface area contributed by atoms with Gasteiger partial charge in [-0.3, -0.25) is 14.4 Å². The normalized spacial score (nSPS) is 21.3. The van der Waals surface area contributed by atoms with Crippen LogP contribution >= 0.6 is 0 Å². The second kappa shape index (κ2) is 7.26. The van der Waals surface area contributed by atoms with Crippen LogP contribution in [0, 0.1) is 0 Å².